The Morgan fingerprint density at radius 2 is 1.83 bits per heavy atom. The van der Waals surface area contributed by atoms with Crippen LogP contribution in [-0.2, 0) is 0 Å². The molecule has 0 aromatic heterocycles. The van der Waals surface area contributed by atoms with Crippen molar-refractivity contribution in [2.24, 2.45) is 0 Å². The molecule has 1 N–H and O–H groups in total. The number of ether oxygens (including phenoxy) is 2. The molecule has 18 heavy (non-hydrogen) atoms. The largest absolute Gasteiger partial charge is 0.493 e. The van der Waals surface area contributed by atoms with E-state index >= 15 is 0 Å². The molecule has 0 atom stereocenters. The number of nitrogens with zero attached hydrogens (tertiary/aromatic N) is 1. The number of nitro groups is 1. The van der Waals surface area contributed by atoms with Gasteiger partial charge >= 0.3 is 0 Å². The third kappa shape index (κ3) is 4.58. The first-order chi connectivity index (χ1) is 8.67. The van der Waals surface area contributed by atoms with Crippen LogP contribution in [0.15, 0.2) is 18.2 Å². The van der Waals surface area contributed by atoms with Gasteiger partial charge in [-0.05, 0) is 13.5 Å². The van der Waals surface area contributed by atoms with Crippen molar-refractivity contribution in [3.8, 4) is 11.5 Å². The zero-order chi connectivity index (χ0) is 13.4. The lowest BCUT2D eigenvalue weighted by atomic mass is 10.3. The van der Waals surface area contributed by atoms with Gasteiger partial charge in [0.25, 0.3) is 5.69 Å². The minimum absolute atomic E-state index is 0.0249. The normalized spacial score (nSPS) is 10.1. The second kappa shape index (κ2) is 7.50. The van der Waals surface area contributed by atoms with Crippen LogP contribution in [0.5, 0.6) is 11.5 Å². The molecular weight excluding hydrogens is 236 g/mol. The Labute approximate surface area is 106 Å². The molecule has 1 rings (SSSR count). The van der Waals surface area contributed by atoms with Crippen LogP contribution in [0.1, 0.15) is 13.3 Å². The van der Waals surface area contributed by atoms with Crippen LogP contribution >= 0.6 is 0 Å². The quantitative estimate of drug-likeness (QED) is 0.436. The molecular formula is C12H18N2O4. The minimum Gasteiger partial charge on any atom is -0.493 e. The number of non-ortho nitro benzene ring substituents is 1. The summed E-state index contributed by atoms with van der Waals surface area (Å²) >= 11 is 0. The molecule has 100 valence electrons. The lowest BCUT2D eigenvalue weighted by Gasteiger charge is -2.09. The molecule has 0 spiro atoms. The molecule has 0 amide bonds. The average Bonchev–Trinajstić information content (AvgIpc) is 2.36. The highest BCUT2D eigenvalue weighted by atomic mass is 16.6. The Bertz CT molecular complexity index is 396. The third-order valence-corrected chi connectivity index (χ3v) is 2.17. The smallest absolute Gasteiger partial charge is 0.276 e. The summed E-state index contributed by atoms with van der Waals surface area (Å²) in [6.07, 6.45) is 0.846. The van der Waals surface area contributed by atoms with Crippen molar-refractivity contribution in [3.05, 3.63) is 28.3 Å². The van der Waals surface area contributed by atoms with Gasteiger partial charge in [0.05, 0.1) is 23.7 Å². The van der Waals surface area contributed by atoms with E-state index in [-0.39, 0.29) is 5.69 Å². The minimum atomic E-state index is -0.455. The maximum absolute atomic E-state index is 10.8. The average molecular weight is 254 g/mol. The number of hydrogen-bond donors (Lipinski definition) is 1. The predicted molar refractivity (Wildman–Crippen MR) is 68.3 cm³/mol. The van der Waals surface area contributed by atoms with Gasteiger partial charge in [-0.25, -0.2) is 0 Å². The van der Waals surface area contributed by atoms with E-state index in [0.29, 0.717) is 31.3 Å². The highest BCUT2D eigenvalue weighted by molar-refractivity contribution is 5.46. The number of hydrogen-bond acceptors (Lipinski definition) is 5. The van der Waals surface area contributed by atoms with Gasteiger partial charge in [-0.15, -0.1) is 0 Å². The Morgan fingerprint density at radius 1 is 1.22 bits per heavy atom. The van der Waals surface area contributed by atoms with E-state index in [0.717, 1.165) is 6.42 Å². The zero-order valence-electron chi connectivity index (χ0n) is 10.6. The first-order valence-electron chi connectivity index (χ1n) is 5.87. The summed E-state index contributed by atoms with van der Waals surface area (Å²) in [5, 5.41) is 13.7. The standard InChI is InChI=1S/C12H18N2O4/c1-3-5-17-11-7-10(14(15)16)8-12(9-11)18-6-4-13-2/h7-9,13H,3-6H2,1-2H3. The van der Waals surface area contributed by atoms with Gasteiger partial charge in [-0.2, -0.15) is 0 Å². The molecule has 0 aliphatic heterocycles. The van der Waals surface area contributed by atoms with Crippen LogP contribution in [0, 0.1) is 10.1 Å². The lowest BCUT2D eigenvalue weighted by molar-refractivity contribution is -0.385. The van der Waals surface area contributed by atoms with Gasteiger partial charge in [0.15, 0.2) is 0 Å². The number of benzene rings is 1. The molecule has 0 aliphatic rings. The summed E-state index contributed by atoms with van der Waals surface area (Å²) in [4.78, 5) is 10.3. The van der Waals surface area contributed by atoms with Crippen LogP contribution in [-0.4, -0.2) is 31.7 Å². The number of likely N-dealkylation sites (N-methyl/N-ethyl adjacent to an activating group) is 1. The fourth-order valence-corrected chi connectivity index (χ4v) is 1.32. The fourth-order valence-electron chi connectivity index (χ4n) is 1.32. The monoisotopic (exact) mass is 254 g/mol. The second-order valence-electron chi connectivity index (χ2n) is 3.72. The van der Waals surface area contributed by atoms with Crippen LogP contribution in [0.4, 0.5) is 5.69 Å². The number of rotatable bonds is 8. The van der Waals surface area contributed by atoms with E-state index in [1.807, 2.05) is 14.0 Å². The van der Waals surface area contributed by atoms with E-state index in [1.165, 1.54) is 12.1 Å². The van der Waals surface area contributed by atoms with Gasteiger partial charge < -0.3 is 14.8 Å². The van der Waals surface area contributed by atoms with E-state index < -0.39 is 4.92 Å². The molecule has 0 aliphatic carbocycles. The van der Waals surface area contributed by atoms with Crippen LogP contribution < -0.4 is 14.8 Å². The molecule has 0 fully saturated rings. The summed E-state index contributed by atoms with van der Waals surface area (Å²) in [7, 11) is 1.81. The Morgan fingerprint density at radius 3 is 2.33 bits per heavy atom. The Balaban J connectivity index is 2.80. The first-order valence-corrected chi connectivity index (χ1v) is 5.87. The van der Waals surface area contributed by atoms with Crippen molar-refractivity contribution in [1.29, 1.82) is 0 Å². The zero-order valence-corrected chi connectivity index (χ0v) is 10.6. The molecule has 0 bridgehead atoms. The molecule has 6 heteroatoms. The summed E-state index contributed by atoms with van der Waals surface area (Å²) < 4.78 is 10.8. The first kappa shape index (κ1) is 14.2. The fraction of sp³-hybridized carbons (Fsp3) is 0.500. The molecule has 6 nitrogen and oxygen atoms in total. The topological polar surface area (TPSA) is 73.6 Å². The molecule has 0 saturated heterocycles. The highest BCUT2D eigenvalue weighted by Gasteiger charge is 2.11. The molecule has 0 saturated carbocycles. The highest BCUT2D eigenvalue weighted by Crippen LogP contribution is 2.27. The summed E-state index contributed by atoms with van der Waals surface area (Å²) in [6, 6.07) is 4.47. The predicted octanol–water partition coefficient (Wildman–Crippen LogP) is 1.98. The Hall–Kier alpha value is -1.82. The summed E-state index contributed by atoms with van der Waals surface area (Å²) in [5.41, 5.74) is -0.0249. The lowest BCUT2D eigenvalue weighted by Crippen LogP contribution is -2.16. The van der Waals surface area contributed by atoms with Crippen molar-refractivity contribution in [2.75, 3.05) is 26.8 Å². The number of nitro benzene ring substituents is 1. The molecule has 1 aromatic rings. The number of nitrogens with one attached hydrogen (secondary N) is 1. The van der Waals surface area contributed by atoms with Crippen molar-refractivity contribution >= 4 is 5.69 Å². The SMILES string of the molecule is CCCOc1cc(OCCNC)cc([N+](=O)[O-])c1. The molecule has 1 aromatic carbocycles. The van der Waals surface area contributed by atoms with E-state index in [4.69, 9.17) is 9.47 Å². The molecule has 0 unspecified atom stereocenters. The second-order valence-corrected chi connectivity index (χ2v) is 3.72. The van der Waals surface area contributed by atoms with Crippen LogP contribution in [0.25, 0.3) is 0 Å². The maximum Gasteiger partial charge on any atom is 0.276 e. The van der Waals surface area contributed by atoms with Crippen LogP contribution in [0.3, 0.4) is 0 Å². The Kier molecular flexibility index (Phi) is 5.93. The van der Waals surface area contributed by atoms with E-state index in [9.17, 15) is 10.1 Å². The summed E-state index contributed by atoms with van der Waals surface area (Å²) in [6.45, 7) is 3.62. The van der Waals surface area contributed by atoms with E-state index in [1.54, 1.807) is 6.07 Å². The van der Waals surface area contributed by atoms with Gasteiger partial charge in [-0.1, -0.05) is 6.92 Å². The van der Waals surface area contributed by atoms with Crippen molar-refractivity contribution in [2.45, 2.75) is 13.3 Å². The van der Waals surface area contributed by atoms with Crippen LogP contribution in [0.2, 0.25) is 0 Å². The van der Waals surface area contributed by atoms with Gasteiger partial charge in [0.1, 0.15) is 18.1 Å². The third-order valence-electron chi connectivity index (χ3n) is 2.17. The summed E-state index contributed by atoms with van der Waals surface area (Å²) in [5.74, 6) is 0.913. The van der Waals surface area contributed by atoms with Crippen molar-refractivity contribution < 1.29 is 14.4 Å². The molecule has 0 radical (unpaired) electrons. The maximum atomic E-state index is 10.8. The van der Waals surface area contributed by atoms with Crippen molar-refractivity contribution in [1.82, 2.24) is 5.32 Å². The van der Waals surface area contributed by atoms with Gasteiger partial charge in [0.2, 0.25) is 0 Å². The van der Waals surface area contributed by atoms with Gasteiger partial charge in [0, 0.05) is 12.6 Å². The van der Waals surface area contributed by atoms with E-state index in [2.05, 4.69) is 5.32 Å². The van der Waals surface area contributed by atoms with Gasteiger partial charge in [-0.3, -0.25) is 10.1 Å². The molecule has 0 heterocycles. The van der Waals surface area contributed by atoms with Crippen molar-refractivity contribution in [3.63, 3.8) is 0 Å².